The highest BCUT2D eigenvalue weighted by Gasteiger charge is 2.27. The fraction of sp³-hybridized carbons (Fsp3) is 0.571. The molecule has 108 valence electrons. The van der Waals surface area contributed by atoms with Gasteiger partial charge in [-0.1, -0.05) is 0 Å². The molecule has 1 aliphatic heterocycles. The second kappa shape index (κ2) is 6.07. The molecule has 20 heavy (non-hydrogen) atoms. The van der Waals surface area contributed by atoms with Gasteiger partial charge in [0.25, 0.3) is 5.91 Å². The third-order valence-corrected chi connectivity index (χ3v) is 3.45. The van der Waals surface area contributed by atoms with Crippen molar-refractivity contribution in [1.29, 1.82) is 5.26 Å². The van der Waals surface area contributed by atoms with Crippen LogP contribution in [0.2, 0.25) is 0 Å². The lowest BCUT2D eigenvalue weighted by Crippen LogP contribution is -2.49. The van der Waals surface area contributed by atoms with Gasteiger partial charge >= 0.3 is 0 Å². The zero-order valence-electron chi connectivity index (χ0n) is 12.2. The minimum atomic E-state index is -0.391. The smallest absolute Gasteiger partial charge is 0.252 e. The van der Waals surface area contributed by atoms with Crippen LogP contribution in [0.5, 0.6) is 0 Å². The van der Waals surface area contributed by atoms with Crippen molar-refractivity contribution in [1.82, 2.24) is 14.4 Å². The summed E-state index contributed by atoms with van der Waals surface area (Å²) in [6, 6.07) is 4.04. The molecule has 6 heteroatoms. The van der Waals surface area contributed by atoms with Gasteiger partial charge in [-0.25, -0.2) is 0 Å². The van der Waals surface area contributed by atoms with Gasteiger partial charge in [0, 0.05) is 47.0 Å². The summed E-state index contributed by atoms with van der Waals surface area (Å²) < 4.78 is 7.35. The monoisotopic (exact) mass is 276 g/mol. The molecule has 1 amide bonds. The molecule has 0 N–H and O–H groups in total. The third kappa shape index (κ3) is 3.18. The lowest BCUT2D eigenvalue weighted by molar-refractivity contribution is -0.147. The van der Waals surface area contributed by atoms with Crippen molar-refractivity contribution >= 4 is 5.91 Å². The molecule has 1 aromatic rings. The van der Waals surface area contributed by atoms with E-state index in [0.717, 1.165) is 18.7 Å². The summed E-state index contributed by atoms with van der Waals surface area (Å²) in [5.41, 5.74) is 1.73. The van der Waals surface area contributed by atoms with E-state index in [4.69, 9.17) is 10.00 Å². The maximum Gasteiger partial charge on any atom is 0.252 e. The molecule has 0 spiro atoms. The van der Waals surface area contributed by atoms with Crippen molar-refractivity contribution < 1.29 is 9.53 Å². The maximum atomic E-state index is 11.9. The van der Waals surface area contributed by atoms with Gasteiger partial charge in [-0.05, 0) is 11.6 Å². The van der Waals surface area contributed by atoms with Crippen LogP contribution in [-0.4, -0.2) is 60.2 Å². The summed E-state index contributed by atoms with van der Waals surface area (Å²) in [7, 11) is 5.34. The third-order valence-electron chi connectivity index (χ3n) is 3.45. The number of amides is 1. The minimum absolute atomic E-state index is 0.000440. The average molecular weight is 276 g/mol. The number of morpholine rings is 1. The van der Waals surface area contributed by atoms with Crippen LogP contribution in [0.4, 0.5) is 0 Å². The van der Waals surface area contributed by atoms with E-state index in [-0.39, 0.29) is 5.91 Å². The number of rotatable bonds is 3. The number of likely N-dealkylation sites (N-methyl/N-ethyl adjacent to an activating group) is 1. The van der Waals surface area contributed by atoms with Crippen molar-refractivity contribution in [2.24, 2.45) is 7.05 Å². The Balaban J connectivity index is 1.99. The van der Waals surface area contributed by atoms with Gasteiger partial charge in [-0.3, -0.25) is 9.69 Å². The molecule has 2 heterocycles. The van der Waals surface area contributed by atoms with Crippen LogP contribution in [0.1, 0.15) is 11.3 Å². The van der Waals surface area contributed by atoms with E-state index in [2.05, 4.69) is 11.0 Å². The van der Waals surface area contributed by atoms with Crippen molar-refractivity contribution in [2.75, 3.05) is 33.8 Å². The first kappa shape index (κ1) is 14.6. The van der Waals surface area contributed by atoms with Gasteiger partial charge in [-0.2, -0.15) is 5.26 Å². The molecule has 0 aliphatic carbocycles. The Morgan fingerprint density at radius 3 is 2.95 bits per heavy atom. The number of aryl methyl sites for hydroxylation is 1. The lowest BCUT2D eigenvalue weighted by atomic mass is 10.2. The standard InChI is InChI=1S/C14H20N4O2/c1-16(2)14(19)13-10-18(4-5-20-13)9-11-6-12(7-15)17(3)8-11/h6,8,13H,4-5,9-10H2,1-3H3/t13-/m1/s1. The topological polar surface area (TPSA) is 61.5 Å². The van der Waals surface area contributed by atoms with Gasteiger partial charge in [0.05, 0.1) is 6.61 Å². The first-order valence-corrected chi connectivity index (χ1v) is 6.61. The van der Waals surface area contributed by atoms with Crippen molar-refractivity contribution in [2.45, 2.75) is 12.6 Å². The molecule has 6 nitrogen and oxygen atoms in total. The zero-order chi connectivity index (χ0) is 14.7. The molecular weight excluding hydrogens is 256 g/mol. The van der Waals surface area contributed by atoms with Crippen molar-refractivity contribution in [3.63, 3.8) is 0 Å². The fourth-order valence-electron chi connectivity index (χ4n) is 2.37. The summed E-state index contributed by atoms with van der Waals surface area (Å²) in [6.07, 6.45) is 1.56. The van der Waals surface area contributed by atoms with Gasteiger partial charge in [0.15, 0.2) is 0 Å². The molecule has 0 radical (unpaired) electrons. The van der Waals surface area contributed by atoms with E-state index in [1.165, 1.54) is 0 Å². The van der Waals surface area contributed by atoms with E-state index in [0.29, 0.717) is 18.8 Å². The zero-order valence-corrected chi connectivity index (χ0v) is 12.2. The fourth-order valence-corrected chi connectivity index (χ4v) is 2.37. The second-order valence-electron chi connectivity index (χ2n) is 5.28. The first-order chi connectivity index (χ1) is 9.51. The lowest BCUT2D eigenvalue weighted by Gasteiger charge is -2.33. The summed E-state index contributed by atoms with van der Waals surface area (Å²) in [5, 5.41) is 8.96. The number of hydrogen-bond acceptors (Lipinski definition) is 4. The van der Waals surface area contributed by atoms with Gasteiger partial charge in [-0.15, -0.1) is 0 Å². The molecule has 0 aromatic carbocycles. The van der Waals surface area contributed by atoms with Crippen LogP contribution in [0, 0.1) is 11.3 Å². The summed E-state index contributed by atoms with van der Waals surface area (Å²) >= 11 is 0. The van der Waals surface area contributed by atoms with Crippen LogP contribution >= 0.6 is 0 Å². The summed E-state index contributed by atoms with van der Waals surface area (Å²) in [5.74, 6) is 0.000440. The maximum absolute atomic E-state index is 11.9. The molecule has 0 unspecified atom stereocenters. The van der Waals surface area contributed by atoms with Gasteiger partial charge < -0.3 is 14.2 Å². The highest BCUT2D eigenvalue weighted by atomic mass is 16.5. The Bertz CT molecular complexity index is 530. The Morgan fingerprint density at radius 2 is 2.35 bits per heavy atom. The predicted molar refractivity (Wildman–Crippen MR) is 73.8 cm³/mol. The number of ether oxygens (including phenoxy) is 1. The Morgan fingerprint density at radius 1 is 1.60 bits per heavy atom. The molecule has 1 aliphatic rings. The van der Waals surface area contributed by atoms with Crippen molar-refractivity contribution in [3.8, 4) is 6.07 Å². The quantitative estimate of drug-likeness (QED) is 0.790. The van der Waals surface area contributed by atoms with Gasteiger partial charge in [0.1, 0.15) is 17.9 Å². The normalized spacial score (nSPS) is 19.6. The number of aromatic nitrogens is 1. The van der Waals surface area contributed by atoms with E-state index >= 15 is 0 Å². The predicted octanol–water partition coefficient (Wildman–Crippen LogP) is 0.186. The summed E-state index contributed by atoms with van der Waals surface area (Å²) in [6.45, 7) is 2.68. The Labute approximate surface area is 119 Å². The van der Waals surface area contributed by atoms with Crippen molar-refractivity contribution in [3.05, 3.63) is 23.5 Å². The van der Waals surface area contributed by atoms with E-state index in [1.54, 1.807) is 19.0 Å². The van der Waals surface area contributed by atoms with E-state index in [1.807, 2.05) is 23.9 Å². The number of carbonyl (C=O) groups is 1. The number of hydrogen-bond donors (Lipinski definition) is 0. The molecule has 1 aromatic heterocycles. The van der Waals surface area contributed by atoms with Crippen LogP contribution in [-0.2, 0) is 23.1 Å². The highest BCUT2D eigenvalue weighted by Crippen LogP contribution is 2.13. The molecule has 0 saturated carbocycles. The summed E-state index contributed by atoms with van der Waals surface area (Å²) in [4.78, 5) is 15.7. The highest BCUT2D eigenvalue weighted by molar-refractivity contribution is 5.80. The minimum Gasteiger partial charge on any atom is -0.366 e. The largest absolute Gasteiger partial charge is 0.366 e. The molecular formula is C14H20N4O2. The number of nitrogens with zero attached hydrogens (tertiary/aromatic N) is 4. The van der Waals surface area contributed by atoms with E-state index in [9.17, 15) is 4.79 Å². The second-order valence-corrected chi connectivity index (χ2v) is 5.28. The number of carbonyl (C=O) groups excluding carboxylic acids is 1. The first-order valence-electron chi connectivity index (χ1n) is 6.61. The SMILES string of the molecule is CN(C)C(=O)[C@H]1CN(Cc2cc(C#N)n(C)c2)CCO1. The van der Waals surface area contributed by atoms with E-state index < -0.39 is 6.10 Å². The average Bonchev–Trinajstić information content (AvgIpc) is 2.78. The Kier molecular flexibility index (Phi) is 4.42. The molecule has 1 fully saturated rings. The molecule has 1 saturated heterocycles. The number of nitriles is 1. The molecule has 0 bridgehead atoms. The molecule has 2 rings (SSSR count). The van der Waals surface area contributed by atoms with Gasteiger partial charge in [0.2, 0.25) is 0 Å². The van der Waals surface area contributed by atoms with Crippen LogP contribution in [0.15, 0.2) is 12.3 Å². The van der Waals surface area contributed by atoms with Crippen LogP contribution in [0.3, 0.4) is 0 Å². The molecule has 1 atom stereocenters. The van der Waals surface area contributed by atoms with Crippen LogP contribution in [0.25, 0.3) is 0 Å². The van der Waals surface area contributed by atoms with Crippen LogP contribution < -0.4 is 0 Å². The Hall–Kier alpha value is -1.84.